The SMILES string of the molecule is Cc1ccc2c(c1)C=CNN2. The molecule has 0 saturated heterocycles. The van der Waals surface area contributed by atoms with E-state index in [1.807, 2.05) is 6.20 Å². The molecule has 0 amide bonds. The van der Waals surface area contributed by atoms with Crippen LogP contribution in [-0.4, -0.2) is 0 Å². The van der Waals surface area contributed by atoms with Crippen LogP contribution in [0.3, 0.4) is 0 Å². The first-order valence-corrected chi connectivity index (χ1v) is 3.65. The zero-order chi connectivity index (χ0) is 7.68. The molecule has 0 fully saturated rings. The van der Waals surface area contributed by atoms with E-state index in [1.54, 1.807) is 0 Å². The van der Waals surface area contributed by atoms with Gasteiger partial charge in [-0.3, -0.25) is 0 Å². The van der Waals surface area contributed by atoms with Gasteiger partial charge in [0.1, 0.15) is 0 Å². The van der Waals surface area contributed by atoms with Crippen molar-refractivity contribution in [1.29, 1.82) is 0 Å². The van der Waals surface area contributed by atoms with Crippen LogP contribution in [0.5, 0.6) is 0 Å². The lowest BCUT2D eigenvalue weighted by Crippen LogP contribution is -2.17. The number of hydrogen-bond donors (Lipinski definition) is 2. The van der Waals surface area contributed by atoms with Crippen molar-refractivity contribution >= 4 is 11.8 Å². The predicted molar refractivity (Wildman–Crippen MR) is 47.0 cm³/mol. The van der Waals surface area contributed by atoms with Gasteiger partial charge in [0.05, 0.1) is 5.69 Å². The first-order valence-electron chi connectivity index (χ1n) is 3.65. The molecule has 0 spiro atoms. The molecule has 0 aromatic heterocycles. The second-order valence-electron chi connectivity index (χ2n) is 2.69. The molecule has 11 heavy (non-hydrogen) atoms. The van der Waals surface area contributed by atoms with Crippen LogP contribution in [0.4, 0.5) is 5.69 Å². The van der Waals surface area contributed by atoms with Crippen LogP contribution < -0.4 is 10.9 Å². The van der Waals surface area contributed by atoms with E-state index in [2.05, 4.69) is 42.1 Å². The van der Waals surface area contributed by atoms with Crippen LogP contribution in [0.25, 0.3) is 6.08 Å². The van der Waals surface area contributed by atoms with Gasteiger partial charge < -0.3 is 10.9 Å². The molecule has 1 aromatic carbocycles. The van der Waals surface area contributed by atoms with Crippen LogP contribution in [0.1, 0.15) is 11.1 Å². The lowest BCUT2D eigenvalue weighted by atomic mass is 10.1. The van der Waals surface area contributed by atoms with Crippen LogP contribution in [-0.2, 0) is 0 Å². The first kappa shape index (κ1) is 6.28. The maximum atomic E-state index is 3.05. The fourth-order valence-corrected chi connectivity index (χ4v) is 1.18. The highest BCUT2D eigenvalue weighted by Gasteiger charge is 2.00. The van der Waals surface area contributed by atoms with Crippen LogP contribution >= 0.6 is 0 Å². The summed E-state index contributed by atoms with van der Waals surface area (Å²) in [6.07, 6.45) is 3.95. The minimum atomic E-state index is 1.14. The summed E-state index contributed by atoms with van der Waals surface area (Å²) in [5.74, 6) is 0. The third kappa shape index (κ3) is 1.07. The molecule has 0 unspecified atom stereocenters. The van der Waals surface area contributed by atoms with Gasteiger partial charge in [-0.1, -0.05) is 11.6 Å². The van der Waals surface area contributed by atoms with Gasteiger partial charge in [0.2, 0.25) is 0 Å². The number of fused-ring (bicyclic) bond motifs is 1. The fourth-order valence-electron chi connectivity index (χ4n) is 1.18. The highest BCUT2D eigenvalue weighted by molar-refractivity contribution is 5.69. The second-order valence-corrected chi connectivity index (χ2v) is 2.69. The summed E-state index contributed by atoms with van der Waals surface area (Å²) in [7, 11) is 0. The smallest absolute Gasteiger partial charge is 0.0612 e. The van der Waals surface area contributed by atoms with E-state index in [0.717, 1.165) is 5.69 Å². The molecule has 2 N–H and O–H groups in total. The minimum Gasteiger partial charge on any atom is -0.308 e. The highest BCUT2D eigenvalue weighted by atomic mass is 15.3. The molecule has 0 aliphatic carbocycles. The van der Waals surface area contributed by atoms with E-state index in [1.165, 1.54) is 11.1 Å². The molecule has 0 atom stereocenters. The van der Waals surface area contributed by atoms with Gasteiger partial charge in [0.25, 0.3) is 0 Å². The standard InChI is InChI=1S/C9H10N2/c1-7-2-3-9-8(6-7)4-5-10-11-9/h2-6,10-11H,1H3. The van der Waals surface area contributed by atoms with Gasteiger partial charge >= 0.3 is 0 Å². The van der Waals surface area contributed by atoms with Crippen molar-refractivity contribution in [2.75, 3.05) is 5.43 Å². The van der Waals surface area contributed by atoms with E-state index in [-0.39, 0.29) is 0 Å². The monoisotopic (exact) mass is 146 g/mol. The van der Waals surface area contributed by atoms with Gasteiger partial charge in [-0.15, -0.1) is 0 Å². The Bertz CT molecular complexity index is 302. The van der Waals surface area contributed by atoms with Crippen molar-refractivity contribution in [3.63, 3.8) is 0 Å². The highest BCUT2D eigenvalue weighted by Crippen LogP contribution is 2.19. The van der Waals surface area contributed by atoms with E-state index < -0.39 is 0 Å². The molecule has 2 rings (SSSR count). The molecule has 0 radical (unpaired) electrons. The molecule has 1 aliphatic rings. The Labute approximate surface area is 65.9 Å². The molecule has 1 aliphatic heterocycles. The van der Waals surface area contributed by atoms with Crippen LogP contribution in [0.2, 0.25) is 0 Å². The molecule has 56 valence electrons. The Morgan fingerprint density at radius 2 is 2.18 bits per heavy atom. The molecule has 2 heteroatoms. The average molecular weight is 146 g/mol. The van der Waals surface area contributed by atoms with Crippen LogP contribution in [0.15, 0.2) is 24.4 Å². The summed E-state index contributed by atoms with van der Waals surface area (Å²) in [5.41, 5.74) is 9.65. The molecular weight excluding hydrogens is 136 g/mol. The van der Waals surface area contributed by atoms with Crippen molar-refractivity contribution in [2.24, 2.45) is 0 Å². The molecule has 0 saturated carbocycles. The number of benzene rings is 1. The Morgan fingerprint density at radius 3 is 3.09 bits per heavy atom. The fraction of sp³-hybridized carbons (Fsp3) is 0.111. The number of rotatable bonds is 0. The van der Waals surface area contributed by atoms with E-state index in [0.29, 0.717) is 0 Å². The molecule has 2 nitrogen and oxygen atoms in total. The van der Waals surface area contributed by atoms with Crippen molar-refractivity contribution in [3.05, 3.63) is 35.5 Å². The zero-order valence-corrected chi connectivity index (χ0v) is 6.39. The lowest BCUT2D eigenvalue weighted by molar-refractivity contribution is 1.05. The third-order valence-corrected chi connectivity index (χ3v) is 1.76. The van der Waals surface area contributed by atoms with Gasteiger partial charge in [-0.25, -0.2) is 0 Å². The molecule has 0 bridgehead atoms. The summed E-state index contributed by atoms with van der Waals surface area (Å²) >= 11 is 0. The Morgan fingerprint density at radius 1 is 1.27 bits per heavy atom. The molecule has 1 aromatic rings. The summed E-state index contributed by atoms with van der Waals surface area (Å²) in [6.45, 7) is 2.09. The number of hydrogen-bond acceptors (Lipinski definition) is 2. The van der Waals surface area contributed by atoms with Crippen molar-refractivity contribution < 1.29 is 0 Å². The van der Waals surface area contributed by atoms with Crippen molar-refractivity contribution in [1.82, 2.24) is 5.43 Å². The van der Waals surface area contributed by atoms with Crippen molar-refractivity contribution in [3.8, 4) is 0 Å². The lowest BCUT2D eigenvalue weighted by Gasteiger charge is -2.14. The maximum absolute atomic E-state index is 3.05. The Balaban J connectivity index is 2.54. The summed E-state index contributed by atoms with van der Waals surface area (Å²) in [5, 5.41) is 0. The second kappa shape index (κ2) is 2.31. The maximum Gasteiger partial charge on any atom is 0.0612 e. The Kier molecular flexibility index (Phi) is 1.32. The first-order chi connectivity index (χ1) is 5.36. The third-order valence-electron chi connectivity index (χ3n) is 1.76. The van der Waals surface area contributed by atoms with Gasteiger partial charge in [-0.2, -0.15) is 0 Å². The number of hydrazine groups is 1. The topological polar surface area (TPSA) is 24.1 Å². The van der Waals surface area contributed by atoms with Crippen LogP contribution in [0, 0.1) is 6.92 Å². The molecule has 1 heterocycles. The number of aryl methyl sites for hydroxylation is 1. The summed E-state index contributed by atoms with van der Waals surface area (Å²) in [6, 6.07) is 6.31. The van der Waals surface area contributed by atoms with Gasteiger partial charge in [0, 0.05) is 11.8 Å². The van der Waals surface area contributed by atoms with E-state index in [4.69, 9.17) is 0 Å². The quantitative estimate of drug-likeness (QED) is 0.584. The summed E-state index contributed by atoms with van der Waals surface area (Å²) in [4.78, 5) is 0. The van der Waals surface area contributed by atoms with E-state index in [9.17, 15) is 0 Å². The predicted octanol–water partition coefficient (Wildman–Crippen LogP) is 1.90. The summed E-state index contributed by atoms with van der Waals surface area (Å²) < 4.78 is 0. The van der Waals surface area contributed by atoms with E-state index >= 15 is 0 Å². The largest absolute Gasteiger partial charge is 0.308 e. The number of anilines is 1. The number of nitrogens with one attached hydrogen (secondary N) is 2. The Hall–Kier alpha value is -1.44. The minimum absolute atomic E-state index is 1.14. The molecular formula is C9H10N2. The van der Waals surface area contributed by atoms with Gasteiger partial charge in [-0.05, 0) is 25.1 Å². The zero-order valence-electron chi connectivity index (χ0n) is 6.39. The average Bonchev–Trinajstić information content (AvgIpc) is 2.04. The van der Waals surface area contributed by atoms with Crippen molar-refractivity contribution in [2.45, 2.75) is 6.92 Å². The normalized spacial score (nSPS) is 13.2. The van der Waals surface area contributed by atoms with Gasteiger partial charge in [0.15, 0.2) is 0 Å².